The van der Waals surface area contributed by atoms with E-state index in [9.17, 15) is 13.6 Å². The molecule has 0 saturated carbocycles. The standard InChI is InChI=1S/C11H13F2NO3/c1-11(2,10(15)16)5-17-9-4-6(12)8(14)3-7(9)13/h3-4H,5,14H2,1-2H3,(H,15,16). The molecule has 0 aliphatic rings. The molecule has 0 radical (unpaired) electrons. The van der Waals surface area contributed by atoms with Crippen LogP contribution >= 0.6 is 0 Å². The van der Waals surface area contributed by atoms with Crippen LogP contribution in [0.4, 0.5) is 14.5 Å². The summed E-state index contributed by atoms with van der Waals surface area (Å²) >= 11 is 0. The molecule has 0 spiro atoms. The number of hydrogen-bond donors (Lipinski definition) is 2. The van der Waals surface area contributed by atoms with Gasteiger partial charge in [-0.25, -0.2) is 8.78 Å². The van der Waals surface area contributed by atoms with E-state index in [2.05, 4.69) is 0 Å². The monoisotopic (exact) mass is 245 g/mol. The molecule has 1 rings (SSSR count). The smallest absolute Gasteiger partial charge is 0.312 e. The largest absolute Gasteiger partial charge is 0.489 e. The van der Waals surface area contributed by atoms with Gasteiger partial charge in [-0.05, 0) is 13.8 Å². The van der Waals surface area contributed by atoms with Crippen LogP contribution in [-0.4, -0.2) is 17.7 Å². The summed E-state index contributed by atoms with van der Waals surface area (Å²) in [5, 5.41) is 8.82. The third-order valence-corrected chi connectivity index (χ3v) is 2.22. The summed E-state index contributed by atoms with van der Waals surface area (Å²) < 4.78 is 31.3. The third kappa shape index (κ3) is 3.05. The van der Waals surface area contributed by atoms with E-state index >= 15 is 0 Å². The predicted molar refractivity (Wildman–Crippen MR) is 57.7 cm³/mol. The van der Waals surface area contributed by atoms with Gasteiger partial charge in [0.2, 0.25) is 0 Å². The normalized spacial score (nSPS) is 11.3. The van der Waals surface area contributed by atoms with Crippen molar-refractivity contribution in [2.24, 2.45) is 5.41 Å². The van der Waals surface area contributed by atoms with Gasteiger partial charge < -0.3 is 15.6 Å². The quantitative estimate of drug-likeness (QED) is 0.796. The van der Waals surface area contributed by atoms with Crippen LogP contribution in [0.25, 0.3) is 0 Å². The van der Waals surface area contributed by atoms with Crippen molar-refractivity contribution in [1.29, 1.82) is 0 Å². The fraction of sp³-hybridized carbons (Fsp3) is 0.364. The Balaban J connectivity index is 2.83. The Morgan fingerprint density at radius 1 is 1.41 bits per heavy atom. The molecule has 0 aliphatic heterocycles. The van der Waals surface area contributed by atoms with Crippen molar-refractivity contribution < 1.29 is 23.4 Å². The molecule has 0 fully saturated rings. The van der Waals surface area contributed by atoms with Gasteiger partial charge in [0, 0.05) is 12.1 Å². The molecule has 0 amide bonds. The number of rotatable bonds is 4. The number of nitrogen functional groups attached to an aromatic ring is 1. The fourth-order valence-electron chi connectivity index (χ4n) is 0.974. The average molecular weight is 245 g/mol. The first-order valence-corrected chi connectivity index (χ1v) is 4.85. The number of hydrogen-bond acceptors (Lipinski definition) is 3. The van der Waals surface area contributed by atoms with E-state index < -0.39 is 23.0 Å². The van der Waals surface area contributed by atoms with E-state index in [0.717, 1.165) is 12.1 Å². The Bertz CT molecular complexity index is 447. The highest BCUT2D eigenvalue weighted by Gasteiger charge is 2.28. The number of anilines is 1. The van der Waals surface area contributed by atoms with Crippen molar-refractivity contribution >= 4 is 11.7 Å². The number of aliphatic carboxylic acids is 1. The number of nitrogens with two attached hydrogens (primary N) is 1. The molecular formula is C11H13F2NO3. The Morgan fingerprint density at radius 3 is 2.53 bits per heavy atom. The summed E-state index contributed by atoms with van der Waals surface area (Å²) in [6, 6.07) is 1.58. The molecule has 1 aromatic rings. The van der Waals surface area contributed by atoms with Gasteiger partial charge in [-0.2, -0.15) is 0 Å². The van der Waals surface area contributed by atoms with Crippen LogP contribution in [0, 0.1) is 17.0 Å². The first-order chi connectivity index (χ1) is 7.74. The lowest BCUT2D eigenvalue weighted by molar-refractivity contribution is -0.148. The van der Waals surface area contributed by atoms with Crippen molar-refractivity contribution in [3.05, 3.63) is 23.8 Å². The number of ether oxygens (including phenoxy) is 1. The number of carboxylic acid groups (broad SMARTS) is 1. The molecule has 0 saturated heterocycles. The Kier molecular flexibility index (Phi) is 3.55. The summed E-state index contributed by atoms with van der Waals surface area (Å²) in [4.78, 5) is 10.8. The second-order valence-electron chi connectivity index (χ2n) is 4.28. The SMILES string of the molecule is CC(C)(COc1cc(F)c(N)cc1F)C(=O)O. The summed E-state index contributed by atoms with van der Waals surface area (Å²) in [6.45, 7) is 2.56. The van der Waals surface area contributed by atoms with Crippen LogP contribution in [0.5, 0.6) is 5.75 Å². The first-order valence-electron chi connectivity index (χ1n) is 4.85. The molecule has 0 unspecified atom stereocenters. The van der Waals surface area contributed by atoms with E-state index in [1.54, 1.807) is 0 Å². The molecule has 17 heavy (non-hydrogen) atoms. The molecule has 0 aliphatic carbocycles. The van der Waals surface area contributed by atoms with E-state index in [4.69, 9.17) is 15.6 Å². The molecule has 6 heteroatoms. The minimum absolute atomic E-state index is 0.275. The fourth-order valence-corrected chi connectivity index (χ4v) is 0.974. The summed E-state index contributed by atoms with van der Waals surface area (Å²) in [7, 11) is 0. The highest BCUT2D eigenvalue weighted by atomic mass is 19.1. The van der Waals surface area contributed by atoms with E-state index in [-0.39, 0.29) is 18.0 Å². The van der Waals surface area contributed by atoms with Crippen LogP contribution in [0.1, 0.15) is 13.8 Å². The number of benzene rings is 1. The predicted octanol–water partition coefficient (Wildman–Crippen LogP) is 2.04. The maximum Gasteiger partial charge on any atom is 0.312 e. The van der Waals surface area contributed by atoms with Crippen molar-refractivity contribution in [3.8, 4) is 5.75 Å². The third-order valence-electron chi connectivity index (χ3n) is 2.22. The van der Waals surface area contributed by atoms with Crippen molar-refractivity contribution in [2.75, 3.05) is 12.3 Å². The van der Waals surface area contributed by atoms with Gasteiger partial charge in [0.15, 0.2) is 11.6 Å². The van der Waals surface area contributed by atoms with Crippen molar-refractivity contribution in [3.63, 3.8) is 0 Å². The summed E-state index contributed by atoms with van der Waals surface area (Å²) in [5.41, 5.74) is 3.64. The van der Waals surface area contributed by atoms with Crippen molar-refractivity contribution in [1.82, 2.24) is 0 Å². The minimum atomic E-state index is -1.19. The first kappa shape index (κ1) is 13.2. The van der Waals surface area contributed by atoms with Gasteiger partial charge in [-0.1, -0.05) is 0 Å². The van der Waals surface area contributed by atoms with Crippen LogP contribution in [0.3, 0.4) is 0 Å². The van der Waals surface area contributed by atoms with Crippen LogP contribution in [0.2, 0.25) is 0 Å². The van der Waals surface area contributed by atoms with Crippen LogP contribution in [-0.2, 0) is 4.79 Å². The average Bonchev–Trinajstić information content (AvgIpc) is 2.21. The lowest BCUT2D eigenvalue weighted by Crippen LogP contribution is -2.30. The summed E-state index contributed by atoms with van der Waals surface area (Å²) in [5.74, 6) is -3.08. The van der Waals surface area contributed by atoms with Gasteiger partial charge in [0.05, 0.1) is 11.1 Å². The number of carbonyl (C=O) groups is 1. The second kappa shape index (κ2) is 4.57. The van der Waals surface area contributed by atoms with E-state index in [0.29, 0.717) is 0 Å². The molecule has 0 heterocycles. The lowest BCUT2D eigenvalue weighted by Gasteiger charge is -2.19. The highest BCUT2D eigenvalue weighted by molar-refractivity contribution is 5.73. The van der Waals surface area contributed by atoms with E-state index in [1.807, 2.05) is 0 Å². The van der Waals surface area contributed by atoms with Gasteiger partial charge in [0.25, 0.3) is 0 Å². The molecule has 0 aromatic heterocycles. The highest BCUT2D eigenvalue weighted by Crippen LogP contribution is 2.25. The topological polar surface area (TPSA) is 72.5 Å². The van der Waals surface area contributed by atoms with Crippen LogP contribution < -0.4 is 10.5 Å². The number of carboxylic acids is 1. The van der Waals surface area contributed by atoms with Gasteiger partial charge in [-0.3, -0.25) is 4.79 Å². The minimum Gasteiger partial charge on any atom is -0.489 e. The zero-order chi connectivity index (χ0) is 13.2. The summed E-state index contributed by atoms with van der Waals surface area (Å²) in [6.07, 6.45) is 0. The van der Waals surface area contributed by atoms with Crippen LogP contribution in [0.15, 0.2) is 12.1 Å². The van der Waals surface area contributed by atoms with Gasteiger partial charge in [-0.15, -0.1) is 0 Å². The zero-order valence-electron chi connectivity index (χ0n) is 9.46. The molecule has 4 nitrogen and oxygen atoms in total. The maximum absolute atomic E-state index is 13.3. The number of halogens is 2. The Labute approximate surface area is 97.0 Å². The second-order valence-corrected chi connectivity index (χ2v) is 4.28. The molecule has 1 aromatic carbocycles. The Hall–Kier alpha value is -1.85. The van der Waals surface area contributed by atoms with Gasteiger partial charge in [0.1, 0.15) is 12.4 Å². The molecule has 0 bridgehead atoms. The Morgan fingerprint density at radius 2 is 2.00 bits per heavy atom. The van der Waals surface area contributed by atoms with E-state index in [1.165, 1.54) is 13.8 Å². The van der Waals surface area contributed by atoms with Crippen molar-refractivity contribution in [2.45, 2.75) is 13.8 Å². The van der Waals surface area contributed by atoms with Gasteiger partial charge >= 0.3 is 5.97 Å². The lowest BCUT2D eigenvalue weighted by atomic mass is 9.95. The molecule has 94 valence electrons. The zero-order valence-corrected chi connectivity index (χ0v) is 9.46. The molecule has 0 atom stereocenters. The maximum atomic E-state index is 13.3. The molecular weight excluding hydrogens is 232 g/mol. The molecule has 3 N–H and O–H groups in total.